The van der Waals surface area contributed by atoms with Gasteiger partial charge in [-0.25, -0.2) is 4.79 Å². The van der Waals surface area contributed by atoms with Gasteiger partial charge >= 0.3 is 11.9 Å². The lowest BCUT2D eigenvalue weighted by Crippen LogP contribution is -2.15. The van der Waals surface area contributed by atoms with Crippen molar-refractivity contribution in [3.63, 3.8) is 0 Å². The molecule has 0 bridgehead atoms. The van der Waals surface area contributed by atoms with Crippen molar-refractivity contribution in [2.45, 2.75) is 6.92 Å². The van der Waals surface area contributed by atoms with Gasteiger partial charge in [0, 0.05) is 23.7 Å². The molecule has 0 unspecified atom stereocenters. The van der Waals surface area contributed by atoms with E-state index in [2.05, 4.69) is 5.32 Å². The first-order chi connectivity index (χ1) is 15.9. The average Bonchev–Trinajstić information content (AvgIpc) is 2.83. The number of carbonyl (C=O) groups excluding carboxylic acids is 4. The van der Waals surface area contributed by atoms with Gasteiger partial charge < -0.3 is 19.5 Å². The molecule has 0 aliphatic heterocycles. The van der Waals surface area contributed by atoms with Gasteiger partial charge in [-0.05, 0) is 72.8 Å². The third kappa shape index (κ3) is 6.51. The van der Waals surface area contributed by atoms with Gasteiger partial charge in [0.2, 0.25) is 0 Å². The summed E-state index contributed by atoms with van der Waals surface area (Å²) in [6, 6.07) is 18.7. The van der Waals surface area contributed by atoms with E-state index in [-0.39, 0.29) is 11.5 Å². The predicted octanol–water partition coefficient (Wildman–Crippen LogP) is 3.91. The Morgan fingerprint density at radius 3 is 1.85 bits per heavy atom. The molecule has 0 aromatic heterocycles. The fraction of sp³-hybridized carbons (Fsp3) is 0.120. The second-order valence-corrected chi connectivity index (χ2v) is 6.88. The van der Waals surface area contributed by atoms with E-state index >= 15 is 0 Å². The smallest absolute Gasteiger partial charge is 0.338 e. The van der Waals surface area contributed by atoms with E-state index in [0.29, 0.717) is 28.3 Å². The molecule has 0 atom stereocenters. The van der Waals surface area contributed by atoms with Gasteiger partial charge in [-0.1, -0.05) is 0 Å². The molecule has 0 fully saturated rings. The number of amides is 1. The van der Waals surface area contributed by atoms with E-state index in [0.717, 1.165) is 0 Å². The van der Waals surface area contributed by atoms with Gasteiger partial charge in [0.1, 0.15) is 11.5 Å². The molecular weight excluding hydrogens is 426 g/mol. The summed E-state index contributed by atoms with van der Waals surface area (Å²) in [5, 5.41) is 2.73. The number of hydrogen-bond donors (Lipinski definition) is 1. The normalized spacial score (nSPS) is 10.1. The Kier molecular flexibility index (Phi) is 7.54. The van der Waals surface area contributed by atoms with Crippen molar-refractivity contribution in [1.82, 2.24) is 0 Å². The minimum atomic E-state index is -0.673. The van der Waals surface area contributed by atoms with E-state index in [1.54, 1.807) is 43.5 Å². The maximum atomic E-state index is 12.3. The zero-order valence-electron chi connectivity index (χ0n) is 18.0. The zero-order valence-corrected chi connectivity index (χ0v) is 18.0. The Labute approximate surface area is 190 Å². The van der Waals surface area contributed by atoms with Crippen molar-refractivity contribution in [2.24, 2.45) is 0 Å². The number of anilines is 1. The molecule has 33 heavy (non-hydrogen) atoms. The van der Waals surface area contributed by atoms with Crippen molar-refractivity contribution < 1.29 is 33.4 Å². The highest BCUT2D eigenvalue weighted by Crippen LogP contribution is 2.16. The molecule has 0 heterocycles. The van der Waals surface area contributed by atoms with Crippen LogP contribution in [0.15, 0.2) is 72.8 Å². The molecule has 0 radical (unpaired) electrons. The number of ketones is 1. The van der Waals surface area contributed by atoms with Crippen LogP contribution in [0.5, 0.6) is 11.5 Å². The number of rotatable bonds is 8. The van der Waals surface area contributed by atoms with Gasteiger partial charge in [-0.15, -0.1) is 0 Å². The molecular formula is C25H21NO7. The molecule has 0 aliphatic rings. The predicted molar refractivity (Wildman–Crippen MR) is 120 cm³/mol. The SMILES string of the molecule is COc1ccc(C(=O)Nc2ccc(C(=O)OCC(=O)c3ccc(OC(C)=O)cc3)cc2)cc1. The summed E-state index contributed by atoms with van der Waals surface area (Å²) in [6.07, 6.45) is 0. The Hall–Kier alpha value is -4.46. The van der Waals surface area contributed by atoms with Crippen LogP contribution >= 0.6 is 0 Å². The number of methoxy groups -OCH3 is 1. The quantitative estimate of drug-likeness (QED) is 0.317. The molecule has 3 rings (SSSR count). The van der Waals surface area contributed by atoms with E-state index in [1.165, 1.54) is 43.3 Å². The number of Topliss-reactive ketones (excluding diaryl/α,β-unsaturated/α-hetero) is 1. The summed E-state index contributed by atoms with van der Waals surface area (Å²) in [5.41, 5.74) is 1.50. The lowest BCUT2D eigenvalue weighted by atomic mass is 10.1. The molecule has 0 saturated heterocycles. The Morgan fingerprint density at radius 1 is 0.727 bits per heavy atom. The van der Waals surface area contributed by atoms with Crippen LogP contribution in [-0.2, 0) is 9.53 Å². The lowest BCUT2D eigenvalue weighted by molar-refractivity contribution is -0.131. The van der Waals surface area contributed by atoms with Crippen LogP contribution in [0.2, 0.25) is 0 Å². The Bertz CT molecular complexity index is 1150. The highest BCUT2D eigenvalue weighted by atomic mass is 16.5. The van der Waals surface area contributed by atoms with Crippen molar-refractivity contribution in [3.05, 3.63) is 89.5 Å². The summed E-state index contributed by atoms with van der Waals surface area (Å²) in [5.74, 6) is -0.885. The summed E-state index contributed by atoms with van der Waals surface area (Å²) in [6.45, 7) is 0.835. The van der Waals surface area contributed by atoms with Crippen LogP contribution < -0.4 is 14.8 Å². The van der Waals surface area contributed by atoms with Crippen molar-refractivity contribution in [1.29, 1.82) is 0 Å². The summed E-state index contributed by atoms with van der Waals surface area (Å²) >= 11 is 0. The molecule has 168 valence electrons. The molecule has 8 heteroatoms. The maximum absolute atomic E-state index is 12.3. The first-order valence-corrected chi connectivity index (χ1v) is 9.90. The third-order valence-corrected chi connectivity index (χ3v) is 4.50. The van der Waals surface area contributed by atoms with Gasteiger partial charge in [0.05, 0.1) is 12.7 Å². The van der Waals surface area contributed by atoms with Crippen molar-refractivity contribution in [3.8, 4) is 11.5 Å². The van der Waals surface area contributed by atoms with Crippen LogP contribution in [-0.4, -0.2) is 37.3 Å². The molecule has 0 aliphatic carbocycles. The first kappa shape index (κ1) is 23.2. The maximum Gasteiger partial charge on any atom is 0.338 e. The zero-order chi connectivity index (χ0) is 23.8. The van der Waals surface area contributed by atoms with E-state index in [1.807, 2.05) is 0 Å². The first-order valence-electron chi connectivity index (χ1n) is 9.90. The largest absolute Gasteiger partial charge is 0.497 e. The van der Waals surface area contributed by atoms with Gasteiger partial charge in [-0.3, -0.25) is 14.4 Å². The number of hydrogen-bond acceptors (Lipinski definition) is 7. The number of nitrogens with one attached hydrogen (secondary N) is 1. The fourth-order valence-electron chi connectivity index (χ4n) is 2.81. The highest BCUT2D eigenvalue weighted by Gasteiger charge is 2.13. The van der Waals surface area contributed by atoms with Gasteiger partial charge in [0.15, 0.2) is 12.4 Å². The Balaban J connectivity index is 1.52. The highest BCUT2D eigenvalue weighted by molar-refractivity contribution is 6.04. The number of esters is 2. The molecule has 0 spiro atoms. The van der Waals surface area contributed by atoms with Crippen LogP contribution in [0.3, 0.4) is 0 Å². The monoisotopic (exact) mass is 447 g/mol. The van der Waals surface area contributed by atoms with Crippen LogP contribution in [0.1, 0.15) is 38.0 Å². The topological polar surface area (TPSA) is 108 Å². The van der Waals surface area contributed by atoms with Crippen LogP contribution in [0.4, 0.5) is 5.69 Å². The summed E-state index contributed by atoms with van der Waals surface area (Å²) in [7, 11) is 1.54. The molecule has 1 N–H and O–H groups in total. The second kappa shape index (κ2) is 10.7. The number of carbonyl (C=O) groups is 4. The van der Waals surface area contributed by atoms with Gasteiger partial charge in [0.25, 0.3) is 5.91 Å². The van der Waals surface area contributed by atoms with Crippen molar-refractivity contribution in [2.75, 3.05) is 19.0 Å². The Morgan fingerprint density at radius 2 is 1.27 bits per heavy atom. The fourth-order valence-corrected chi connectivity index (χ4v) is 2.81. The van der Waals surface area contributed by atoms with Crippen LogP contribution in [0, 0.1) is 0 Å². The average molecular weight is 447 g/mol. The number of benzene rings is 3. The van der Waals surface area contributed by atoms with E-state index in [9.17, 15) is 19.2 Å². The number of ether oxygens (including phenoxy) is 3. The summed E-state index contributed by atoms with van der Waals surface area (Å²) in [4.78, 5) is 47.7. The van der Waals surface area contributed by atoms with E-state index < -0.39 is 24.3 Å². The van der Waals surface area contributed by atoms with Crippen molar-refractivity contribution >= 4 is 29.3 Å². The minimum absolute atomic E-state index is 0.232. The molecule has 3 aromatic rings. The molecule has 3 aromatic carbocycles. The minimum Gasteiger partial charge on any atom is -0.497 e. The third-order valence-electron chi connectivity index (χ3n) is 4.50. The molecule has 1 amide bonds. The molecule has 0 saturated carbocycles. The van der Waals surface area contributed by atoms with E-state index in [4.69, 9.17) is 14.2 Å². The van der Waals surface area contributed by atoms with Crippen LogP contribution in [0.25, 0.3) is 0 Å². The standard InChI is InChI=1S/C25H21NO7/c1-16(27)33-22-13-5-17(6-14-22)23(28)15-32-25(30)19-3-9-20(10-4-19)26-24(29)18-7-11-21(31-2)12-8-18/h3-14H,15H2,1-2H3,(H,26,29). The van der Waals surface area contributed by atoms with Gasteiger partial charge in [-0.2, -0.15) is 0 Å². The summed E-state index contributed by atoms with van der Waals surface area (Å²) < 4.78 is 15.1. The second-order valence-electron chi connectivity index (χ2n) is 6.88. The lowest BCUT2D eigenvalue weighted by Gasteiger charge is -2.08. The molecule has 8 nitrogen and oxygen atoms in total.